The van der Waals surface area contributed by atoms with E-state index in [0.717, 1.165) is 12.0 Å². The lowest BCUT2D eigenvalue weighted by atomic mass is 10.2. The zero-order valence-electron chi connectivity index (χ0n) is 11.9. The van der Waals surface area contributed by atoms with Crippen LogP contribution in [0.3, 0.4) is 0 Å². The molecule has 1 atom stereocenters. The number of benzene rings is 1. The number of carboxylic acids is 1. The first-order chi connectivity index (χ1) is 10.5. The van der Waals surface area contributed by atoms with E-state index >= 15 is 0 Å². The van der Waals surface area contributed by atoms with E-state index in [1.165, 1.54) is 4.31 Å². The van der Waals surface area contributed by atoms with Crippen molar-refractivity contribution in [1.29, 1.82) is 0 Å². The molecule has 3 rings (SSSR count). The molecule has 0 bridgehead atoms. The molecule has 0 saturated carbocycles. The number of hydrogen-bond donors (Lipinski definition) is 1. The Kier molecular flexibility index (Phi) is 4.07. The van der Waals surface area contributed by atoms with Crippen molar-refractivity contribution in [2.45, 2.75) is 23.8 Å². The third-order valence-electron chi connectivity index (χ3n) is 3.86. The Morgan fingerprint density at radius 3 is 3.05 bits per heavy atom. The predicted molar refractivity (Wildman–Crippen MR) is 76.4 cm³/mol. The second kappa shape index (κ2) is 5.86. The Bertz CT molecular complexity index is 687. The topological polar surface area (TPSA) is 93.1 Å². The Morgan fingerprint density at radius 1 is 1.45 bits per heavy atom. The minimum Gasteiger partial charge on any atom is -0.493 e. The van der Waals surface area contributed by atoms with Crippen LogP contribution >= 0.6 is 0 Å². The van der Waals surface area contributed by atoms with Crippen molar-refractivity contribution in [2.75, 3.05) is 26.3 Å². The highest BCUT2D eigenvalue weighted by atomic mass is 32.2. The van der Waals surface area contributed by atoms with Crippen LogP contribution in [0.4, 0.5) is 0 Å². The van der Waals surface area contributed by atoms with E-state index in [-0.39, 0.29) is 17.5 Å². The predicted octanol–water partition coefficient (Wildman–Crippen LogP) is 0.486. The molecule has 0 aromatic heterocycles. The number of fused-ring (bicyclic) bond motifs is 1. The number of ether oxygens (including phenoxy) is 2. The molecule has 120 valence electrons. The van der Waals surface area contributed by atoms with Gasteiger partial charge in [-0.05, 0) is 18.1 Å². The summed E-state index contributed by atoms with van der Waals surface area (Å²) in [6.07, 6.45) is 0.912. The zero-order valence-corrected chi connectivity index (χ0v) is 12.7. The molecule has 0 unspecified atom stereocenters. The molecule has 1 N–H and O–H groups in total. The smallest absolute Gasteiger partial charge is 0.329 e. The third-order valence-corrected chi connectivity index (χ3v) is 5.72. The van der Waals surface area contributed by atoms with Gasteiger partial charge in [-0.25, -0.2) is 13.2 Å². The molecular weight excluding hydrogens is 310 g/mol. The van der Waals surface area contributed by atoms with E-state index in [0.29, 0.717) is 25.3 Å². The van der Waals surface area contributed by atoms with E-state index in [4.69, 9.17) is 14.6 Å². The summed E-state index contributed by atoms with van der Waals surface area (Å²) in [5.41, 5.74) is 1.02. The van der Waals surface area contributed by atoms with Gasteiger partial charge in [0, 0.05) is 25.6 Å². The molecule has 7 nitrogen and oxygen atoms in total. The summed E-state index contributed by atoms with van der Waals surface area (Å²) in [6.45, 7) is 0.664. The number of hydrogen-bond acceptors (Lipinski definition) is 5. The summed E-state index contributed by atoms with van der Waals surface area (Å²) in [5.74, 6) is -0.434. The SMILES string of the molecule is O=C(O)CO[C@H]1CCN(S(=O)(=O)c2ccc3c(c2)OCC3)C1. The summed E-state index contributed by atoms with van der Waals surface area (Å²) in [4.78, 5) is 10.7. The molecule has 0 radical (unpaired) electrons. The molecule has 0 amide bonds. The molecule has 0 spiro atoms. The largest absolute Gasteiger partial charge is 0.493 e. The quantitative estimate of drug-likeness (QED) is 0.846. The van der Waals surface area contributed by atoms with Gasteiger partial charge >= 0.3 is 5.97 Å². The molecule has 1 saturated heterocycles. The van der Waals surface area contributed by atoms with E-state index in [1.54, 1.807) is 18.2 Å². The Hall–Kier alpha value is -1.64. The second-order valence-corrected chi connectivity index (χ2v) is 7.28. The Labute approximate surface area is 128 Å². The Balaban J connectivity index is 1.72. The Morgan fingerprint density at radius 2 is 2.27 bits per heavy atom. The van der Waals surface area contributed by atoms with Gasteiger partial charge < -0.3 is 14.6 Å². The number of carboxylic acid groups (broad SMARTS) is 1. The second-order valence-electron chi connectivity index (χ2n) is 5.35. The van der Waals surface area contributed by atoms with Crippen molar-refractivity contribution in [3.8, 4) is 5.75 Å². The minimum atomic E-state index is -3.61. The van der Waals surface area contributed by atoms with Gasteiger partial charge in [0.15, 0.2) is 0 Å². The van der Waals surface area contributed by atoms with Crippen molar-refractivity contribution < 1.29 is 27.8 Å². The normalized spacial score (nSPS) is 21.5. The molecule has 1 fully saturated rings. The van der Waals surface area contributed by atoms with Gasteiger partial charge in [-0.3, -0.25) is 0 Å². The summed E-state index contributed by atoms with van der Waals surface area (Å²) < 4.78 is 37.1. The molecule has 22 heavy (non-hydrogen) atoms. The maximum absolute atomic E-state index is 12.6. The summed E-state index contributed by atoms with van der Waals surface area (Å²) in [6, 6.07) is 4.93. The average molecular weight is 327 g/mol. The van der Waals surface area contributed by atoms with E-state index in [9.17, 15) is 13.2 Å². The van der Waals surface area contributed by atoms with Crippen molar-refractivity contribution >= 4 is 16.0 Å². The number of rotatable bonds is 5. The third kappa shape index (κ3) is 2.94. The lowest BCUT2D eigenvalue weighted by Gasteiger charge is -2.17. The van der Waals surface area contributed by atoms with Crippen LogP contribution in [0, 0.1) is 0 Å². The molecule has 1 aromatic carbocycles. The van der Waals surface area contributed by atoms with Crippen LogP contribution in [-0.2, 0) is 26.0 Å². The van der Waals surface area contributed by atoms with Crippen LogP contribution in [0.5, 0.6) is 5.75 Å². The van der Waals surface area contributed by atoms with E-state index in [2.05, 4.69) is 0 Å². The number of nitrogens with zero attached hydrogens (tertiary/aromatic N) is 1. The highest BCUT2D eigenvalue weighted by Gasteiger charge is 2.34. The van der Waals surface area contributed by atoms with Gasteiger partial charge in [0.1, 0.15) is 12.4 Å². The van der Waals surface area contributed by atoms with Crippen LogP contribution in [0.15, 0.2) is 23.1 Å². The monoisotopic (exact) mass is 327 g/mol. The molecule has 2 aliphatic heterocycles. The highest BCUT2D eigenvalue weighted by molar-refractivity contribution is 7.89. The standard InChI is InChI=1S/C14H17NO6S/c16-14(17)9-21-11-3-5-15(8-11)22(18,19)12-2-1-10-4-6-20-13(10)7-12/h1-2,7,11H,3-6,8-9H2,(H,16,17)/t11-/m0/s1. The van der Waals surface area contributed by atoms with Gasteiger partial charge in [0.2, 0.25) is 10.0 Å². The zero-order chi connectivity index (χ0) is 15.7. The van der Waals surface area contributed by atoms with Crippen LogP contribution in [-0.4, -0.2) is 56.2 Å². The molecule has 1 aromatic rings. The van der Waals surface area contributed by atoms with Gasteiger partial charge in [-0.2, -0.15) is 4.31 Å². The van der Waals surface area contributed by atoms with Gasteiger partial charge in [-0.15, -0.1) is 0 Å². The lowest BCUT2D eigenvalue weighted by molar-refractivity contribution is -0.144. The molecule has 2 aliphatic rings. The van der Waals surface area contributed by atoms with Gasteiger partial charge in [-0.1, -0.05) is 6.07 Å². The fourth-order valence-electron chi connectivity index (χ4n) is 2.70. The maximum atomic E-state index is 12.6. The van der Waals surface area contributed by atoms with Gasteiger partial charge in [0.05, 0.1) is 17.6 Å². The minimum absolute atomic E-state index is 0.174. The summed E-state index contributed by atoms with van der Waals surface area (Å²) in [5, 5.41) is 8.60. The first kappa shape index (κ1) is 15.3. The molecule has 2 heterocycles. The van der Waals surface area contributed by atoms with Crippen LogP contribution in [0.1, 0.15) is 12.0 Å². The lowest BCUT2D eigenvalue weighted by Crippen LogP contribution is -2.30. The van der Waals surface area contributed by atoms with Crippen LogP contribution < -0.4 is 4.74 Å². The van der Waals surface area contributed by atoms with Crippen molar-refractivity contribution in [2.24, 2.45) is 0 Å². The van der Waals surface area contributed by atoms with Crippen LogP contribution in [0.25, 0.3) is 0 Å². The number of sulfonamides is 1. The first-order valence-electron chi connectivity index (χ1n) is 7.06. The number of carbonyl (C=O) groups is 1. The number of aliphatic carboxylic acids is 1. The summed E-state index contributed by atoms with van der Waals surface area (Å²) in [7, 11) is -3.61. The van der Waals surface area contributed by atoms with E-state index in [1.807, 2.05) is 0 Å². The fourth-order valence-corrected chi connectivity index (χ4v) is 4.20. The molecule has 0 aliphatic carbocycles. The molecule has 8 heteroatoms. The van der Waals surface area contributed by atoms with Crippen molar-refractivity contribution in [3.63, 3.8) is 0 Å². The van der Waals surface area contributed by atoms with Gasteiger partial charge in [0.25, 0.3) is 0 Å². The average Bonchev–Trinajstić information content (AvgIpc) is 3.13. The maximum Gasteiger partial charge on any atom is 0.329 e. The molecular formula is C14H17NO6S. The van der Waals surface area contributed by atoms with E-state index < -0.39 is 22.6 Å². The van der Waals surface area contributed by atoms with Crippen molar-refractivity contribution in [1.82, 2.24) is 4.31 Å². The first-order valence-corrected chi connectivity index (χ1v) is 8.50. The highest BCUT2D eigenvalue weighted by Crippen LogP contribution is 2.30. The fraction of sp³-hybridized carbons (Fsp3) is 0.500. The summed E-state index contributed by atoms with van der Waals surface area (Å²) >= 11 is 0. The van der Waals surface area contributed by atoms with Crippen molar-refractivity contribution in [3.05, 3.63) is 23.8 Å². The van der Waals surface area contributed by atoms with Crippen LogP contribution in [0.2, 0.25) is 0 Å².